The van der Waals surface area contributed by atoms with E-state index in [1.807, 2.05) is 29.2 Å². The molecule has 9 heteroatoms. The average Bonchev–Trinajstić information content (AvgIpc) is 3.65. The van der Waals surface area contributed by atoms with Gasteiger partial charge < -0.3 is 14.9 Å². The lowest BCUT2D eigenvalue weighted by Gasteiger charge is -2.25. The topological polar surface area (TPSA) is 85.3 Å². The number of benzene rings is 2. The van der Waals surface area contributed by atoms with E-state index in [-0.39, 0.29) is 24.3 Å². The molecule has 2 aliphatic heterocycles. The Morgan fingerprint density at radius 3 is 2.70 bits per heavy atom. The number of aromatic amines is 1. The number of ketones is 1. The molecule has 2 aromatic carbocycles. The molecule has 7 nitrogen and oxygen atoms in total. The number of nitrogens with zero attached hydrogens (tertiary/aromatic N) is 4. The summed E-state index contributed by atoms with van der Waals surface area (Å²) in [6.07, 6.45) is 3.73. The Labute approximate surface area is 212 Å². The molecule has 0 spiro atoms. The van der Waals surface area contributed by atoms with Crippen molar-refractivity contribution in [2.45, 2.75) is 37.8 Å². The van der Waals surface area contributed by atoms with Gasteiger partial charge in [0, 0.05) is 49.1 Å². The van der Waals surface area contributed by atoms with Crippen molar-refractivity contribution in [1.82, 2.24) is 15.2 Å². The van der Waals surface area contributed by atoms with Gasteiger partial charge in [0.15, 0.2) is 17.2 Å². The average molecular weight is 504 g/mol. The SMILES string of the molecule is O=C(Cc1ccc(N2CCC(O)C2)cc1)c1cnc2[nH]nc(N3CCC[C@@H]3c3cc(F)ccc3F)c2c1. The third-order valence-electron chi connectivity index (χ3n) is 7.39. The molecule has 2 saturated heterocycles. The summed E-state index contributed by atoms with van der Waals surface area (Å²) >= 11 is 0. The minimum Gasteiger partial charge on any atom is -0.391 e. The fourth-order valence-corrected chi connectivity index (χ4v) is 5.46. The molecule has 2 atom stereocenters. The zero-order chi connectivity index (χ0) is 25.5. The normalized spacial score (nSPS) is 19.8. The van der Waals surface area contributed by atoms with E-state index >= 15 is 0 Å². The highest BCUT2D eigenvalue weighted by Gasteiger charge is 2.31. The molecular formula is C28H27F2N5O2. The molecule has 0 aliphatic carbocycles. The molecule has 0 saturated carbocycles. The fraction of sp³-hybridized carbons (Fsp3) is 0.321. The second kappa shape index (κ2) is 9.55. The van der Waals surface area contributed by atoms with Gasteiger partial charge in [0.25, 0.3) is 0 Å². The zero-order valence-electron chi connectivity index (χ0n) is 20.2. The van der Waals surface area contributed by atoms with Crippen LogP contribution < -0.4 is 9.80 Å². The maximum absolute atomic E-state index is 14.6. The van der Waals surface area contributed by atoms with Gasteiger partial charge in [-0.15, -0.1) is 0 Å². The van der Waals surface area contributed by atoms with Gasteiger partial charge >= 0.3 is 0 Å². The number of carbonyl (C=O) groups is 1. The molecule has 2 N–H and O–H groups in total. The van der Waals surface area contributed by atoms with Crippen LogP contribution in [-0.2, 0) is 6.42 Å². The summed E-state index contributed by atoms with van der Waals surface area (Å²) in [4.78, 5) is 21.6. The van der Waals surface area contributed by atoms with Gasteiger partial charge in [-0.2, -0.15) is 5.10 Å². The summed E-state index contributed by atoms with van der Waals surface area (Å²) < 4.78 is 28.5. The quantitative estimate of drug-likeness (QED) is 0.375. The third kappa shape index (κ3) is 4.55. The number of hydrogen-bond donors (Lipinski definition) is 2. The molecule has 4 heterocycles. The standard InChI is InChI=1S/C28H27F2N5O2/c29-19-5-8-24(30)22(14-19)25-2-1-10-35(25)28-23-13-18(15-31-27(23)32-33-28)26(37)12-17-3-6-20(7-4-17)34-11-9-21(36)16-34/h3-8,13-15,21,25,36H,1-2,9-12,16H2,(H,31,32,33)/t21?,25-/m1/s1. The molecule has 190 valence electrons. The fourth-order valence-electron chi connectivity index (χ4n) is 5.46. The molecule has 37 heavy (non-hydrogen) atoms. The molecule has 0 amide bonds. The van der Waals surface area contributed by atoms with Crippen molar-refractivity contribution in [3.63, 3.8) is 0 Å². The first-order valence-electron chi connectivity index (χ1n) is 12.6. The first kappa shape index (κ1) is 23.5. The number of pyridine rings is 1. The molecule has 1 unspecified atom stereocenters. The van der Waals surface area contributed by atoms with E-state index in [4.69, 9.17) is 0 Å². The van der Waals surface area contributed by atoms with Crippen LogP contribution in [0, 0.1) is 11.6 Å². The number of nitrogens with one attached hydrogen (secondary N) is 1. The monoisotopic (exact) mass is 503 g/mol. The molecule has 4 aromatic rings. The predicted octanol–water partition coefficient (Wildman–Crippen LogP) is 4.57. The van der Waals surface area contributed by atoms with Crippen LogP contribution in [0.1, 0.15) is 46.8 Å². The van der Waals surface area contributed by atoms with Crippen LogP contribution in [-0.4, -0.2) is 51.8 Å². The second-order valence-corrected chi connectivity index (χ2v) is 9.84. The maximum Gasteiger partial charge on any atom is 0.168 e. The number of aliphatic hydroxyl groups excluding tert-OH is 1. The van der Waals surface area contributed by atoms with Gasteiger partial charge in [0.2, 0.25) is 0 Å². The smallest absolute Gasteiger partial charge is 0.168 e. The second-order valence-electron chi connectivity index (χ2n) is 9.84. The van der Waals surface area contributed by atoms with Gasteiger partial charge in [-0.05, 0) is 61.2 Å². The maximum atomic E-state index is 14.6. The highest BCUT2D eigenvalue weighted by Crippen LogP contribution is 2.39. The van der Waals surface area contributed by atoms with Crippen LogP contribution in [0.5, 0.6) is 0 Å². The van der Waals surface area contributed by atoms with Crippen molar-refractivity contribution in [1.29, 1.82) is 0 Å². The van der Waals surface area contributed by atoms with Crippen molar-refractivity contribution < 1.29 is 18.7 Å². The zero-order valence-corrected chi connectivity index (χ0v) is 20.2. The van der Waals surface area contributed by atoms with Crippen molar-refractivity contribution in [3.05, 3.63) is 83.1 Å². The Balaban J connectivity index is 1.23. The minimum atomic E-state index is -0.476. The van der Waals surface area contributed by atoms with Crippen LogP contribution >= 0.6 is 0 Å². The van der Waals surface area contributed by atoms with E-state index in [1.165, 1.54) is 6.07 Å². The van der Waals surface area contributed by atoms with Crippen LogP contribution in [0.4, 0.5) is 20.3 Å². The van der Waals surface area contributed by atoms with Crippen LogP contribution in [0.15, 0.2) is 54.7 Å². The molecule has 2 aromatic heterocycles. The molecular weight excluding hydrogens is 476 g/mol. The summed E-state index contributed by atoms with van der Waals surface area (Å²) in [5.41, 5.74) is 3.24. The lowest BCUT2D eigenvalue weighted by molar-refractivity contribution is 0.0992. The Morgan fingerprint density at radius 1 is 1.08 bits per heavy atom. The van der Waals surface area contributed by atoms with E-state index in [0.717, 1.165) is 42.8 Å². The van der Waals surface area contributed by atoms with Gasteiger partial charge in [-0.3, -0.25) is 9.89 Å². The van der Waals surface area contributed by atoms with Gasteiger partial charge in [0.05, 0.1) is 17.5 Å². The van der Waals surface area contributed by atoms with Gasteiger partial charge in [0.1, 0.15) is 11.6 Å². The Bertz CT molecular complexity index is 1450. The molecule has 6 rings (SSSR count). The number of anilines is 2. The molecule has 0 bridgehead atoms. The summed E-state index contributed by atoms with van der Waals surface area (Å²) in [7, 11) is 0. The van der Waals surface area contributed by atoms with E-state index in [2.05, 4.69) is 20.1 Å². The van der Waals surface area contributed by atoms with E-state index in [1.54, 1.807) is 12.3 Å². The Kier molecular flexibility index (Phi) is 6.08. The van der Waals surface area contributed by atoms with Crippen molar-refractivity contribution >= 4 is 28.3 Å². The lowest BCUT2D eigenvalue weighted by Crippen LogP contribution is -2.24. The number of aromatic nitrogens is 3. The van der Waals surface area contributed by atoms with Crippen LogP contribution in [0.25, 0.3) is 11.0 Å². The van der Waals surface area contributed by atoms with E-state index < -0.39 is 11.6 Å². The van der Waals surface area contributed by atoms with Crippen molar-refractivity contribution in [2.75, 3.05) is 29.4 Å². The number of aliphatic hydroxyl groups is 1. The van der Waals surface area contributed by atoms with Gasteiger partial charge in [-0.1, -0.05) is 12.1 Å². The minimum absolute atomic E-state index is 0.0694. The first-order valence-corrected chi connectivity index (χ1v) is 12.6. The van der Waals surface area contributed by atoms with Crippen molar-refractivity contribution in [2.24, 2.45) is 0 Å². The number of β-amino-alcohol motifs (C(OH)–C–C–N with tert-alkyl or cyclic N) is 1. The molecule has 2 aliphatic rings. The highest BCUT2D eigenvalue weighted by molar-refractivity contribution is 6.01. The third-order valence-corrected chi connectivity index (χ3v) is 7.39. The lowest BCUT2D eigenvalue weighted by atomic mass is 10.0. The summed E-state index contributed by atoms with van der Waals surface area (Å²) in [5, 5.41) is 17.8. The number of Topliss-reactive ketones (excluding diaryl/α,β-unsaturated/α-hetero) is 1. The number of fused-ring (bicyclic) bond motifs is 1. The number of H-pyrrole nitrogens is 1. The summed E-state index contributed by atoms with van der Waals surface area (Å²) in [5.74, 6) is -0.407. The largest absolute Gasteiger partial charge is 0.391 e. The van der Waals surface area contributed by atoms with Crippen molar-refractivity contribution in [3.8, 4) is 0 Å². The Hall–Kier alpha value is -3.85. The number of hydrogen-bond acceptors (Lipinski definition) is 6. The number of carbonyl (C=O) groups excluding carboxylic acids is 1. The van der Waals surface area contributed by atoms with Gasteiger partial charge in [-0.25, -0.2) is 13.8 Å². The first-order chi connectivity index (χ1) is 18.0. The van der Waals surface area contributed by atoms with Crippen LogP contribution in [0.3, 0.4) is 0 Å². The summed E-state index contributed by atoms with van der Waals surface area (Å²) in [6, 6.07) is 12.8. The van der Waals surface area contributed by atoms with E-state index in [0.29, 0.717) is 47.5 Å². The van der Waals surface area contributed by atoms with Crippen LogP contribution in [0.2, 0.25) is 0 Å². The van der Waals surface area contributed by atoms with E-state index in [9.17, 15) is 18.7 Å². The number of rotatable bonds is 6. The number of halogens is 2. The predicted molar refractivity (Wildman–Crippen MR) is 137 cm³/mol. The molecule has 2 fully saturated rings. The highest BCUT2D eigenvalue weighted by atomic mass is 19.1. The molecule has 0 radical (unpaired) electrons. The summed E-state index contributed by atoms with van der Waals surface area (Å²) in [6.45, 7) is 2.09. The Morgan fingerprint density at radius 2 is 1.92 bits per heavy atom.